The van der Waals surface area contributed by atoms with Crippen LogP contribution in [0, 0.1) is 5.92 Å². The molecule has 4 nitrogen and oxygen atoms in total. The minimum absolute atomic E-state index is 0.0594. The lowest BCUT2D eigenvalue weighted by molar-refractivity contribution is -0.123. The van der Waals surface area contributed by atoms with E-state index in [1.54, 1.807) is 0 Å². The predicted molar refractivity (Wildman–Crippen MR) is 80.6 cm³/mol. The molecule has 0 radical (unpaired) electrons. The zero-order chi connectivity index (χ0) is 13.9. The maximum atomic E-state index is 12.4. The van der Waals surface area contributed by atoms with Crippen molar-refractivity contribution in [3.05, 3.63) is 0 Å². The van der Waals surface area contributed by atoms with Gasteiger partial charge in [0.25, 0.3) is 0 Å². The normalized spacial score (nSPS) is 35.8. The van der Waals surface area contributed by atoms with Crippen LogP contribution >= 0.6 is 0 Å². The Labute approximate surface area is 122 Å². The molecule has 4 unspecified atom stereocenters. The standard InChI is InChI=1S/C16H29N3O/c1-12(11-19-8-4-5-9-19)17-16(20)15-10-13-6-2-3-7-14(13)18-15/h12-15,18H,2-11H2,1H3,(H,17,20). The first kappa shape index (κ1) is 14.3. The predicted octanol–water partition coefficient (Wildman–Crippen LogP) is 1.51. The molecule has 3 aliphatic rings. The number of nitrogens with one attached hydrogen (secondary N) is 2. The average Bonchev–Trinajstić information content (AvgIpc) is 3.06. The van der Waals surface area contributed by atoms with Gasteiger partial charge in [0.15, 0.2) is 0 Å². The van der Waals surface area contributed by atoms with Crippen molar-refractivity contribution in [2.45, 2.75) is 70.0 Å². The first-order valence-corrected chi connectivity index (χ1v) is 8.51. The van der Waals surface area contributed by atoms with E-state index in [2.05, 4.69) is 22.5 Å². The molecule has 3 rings (SSSR count). The van der Waals surface area contributed by atoms with Crippen molar-refractivity contribution >= 4 is 5.91 Å². The van der Waals surface area contributed by atoms with Gasteiger partial charge >= 0.3 is 0 Å². The number of hydrogen-bond acceptors (Lipinski definition) is 3. The third-order valence-electron chi connectivity index (χ3n) is 5.30. The molecule has 4 heteroatoms. The molecule has 0 bridgehead atoms. The minimum atomic E-state index is 0.0594. The van der Waals surface area contributed by atoms with Crippen LogP contribution in [0.4, 0.5) is 0 Å². The molecule has 0 aromatic carbocycles. The summed E-state index contributed by atoms with van der Waals surface area (Å²) in [6.45, 7) is 5.54. The van der Waals surface area contributed by atoms with E-state index in [1.807, 2.05) is 0 Å². The Kier molecular flexibility index (Phi) is 4.61. The Morgan fingerprint density at radius 3 is 2.75 bits per heavy atom. The van der Waals surface area contributed by atoms with Crippen LogP contribution in [-0.2, 0) is 4.79 Å². The van der Waals surface area contributed by atoms with Crippen molar-refractivity contribution in [3.63, 3.8) is 0 Å². The van der Waals surface area contributed by atoms with Gasteiger partial charge in [-0.05, 0) is 58.0 Å². The SMILES string of the molecule is CC(CN1CCCC1)NC(=O)C1CC2CCCCC2N1. The average molecular weight is 279 g/mol. The topological polar surface area (TPSA) is 44.4 Å². The van der Waals surface area contributed by atoms with E-state index in [0.29, 0.717) is 6.04 Å². The Morgan fingerprint density at radius 1 is 1.25 bits per heavy atom. The van der Waals surface area contributed by atoms with Crippen LogP contribution in [-0.4, -0.2) is 48.6 Å². The lowest BCUT2D eigenvalue weighted by Crippen LogP contribution is -2.48. The summed E-state index contributed by atoms with van der Waals surface area (Å²) in [5, 5.41) is 6.78. The maximum absolute atomic E-state index is 12.4. The Morgan fingerprint density at radius 2 is 2.00 bits per heavy atom. The van der Waals surface area contributed by atoms with Gasteiger partial charge in [-0.25, -0.2) is 0 Å². The smallest absolute Gasteiger partial charge is 0.237 e. The molecule has 2 heterocycles. The molecule has 114 valence electrons. The molecule has 2 aliphatic heterocycles. The molecular formula is C16H29N3O. The van der Waals surface area contributed by atoms with E-state index >= 15 is 0 Å². The summed E-state index contributed by atoms with van der Waals surface area (Å²) in [4.78, 5) is 14.8. The van der Waals surface area contributed by atoms with Crippen LogP contribution in [0.1, 0.15) is 51.9 Å². The van der Waals surface area contributed by atoms with Crippen LogP contribution < -0.4 is 10.6 Å². The van der Waals surface area contributed by atoms with Crippen LogP contribution in [0.2, 0.25) is 0 Å². The largest absolute Gasteiger partial charge is 0.351 e. The van der Waals surface area contributed by atoms with Gasteiger partial charge in [-0.3, -0.25) is 4.79 Å². The van der Waals surface area contributed by atoms with Gasteiger partial charge in [0, 0.05) is 18.6 Å². The molecule has 1 saturated carbocycles. The Balaban J connectivity index is 1.44. The molecule has 2 N–H and O–H groups in total. The van der Waals surface area contributed by atoms with Gasteiger partial charge in [-0.15, -0.1) is 0 Å². The second kappa shape index (κ2) is 6.44. The summed E-state index contributed by atoms with van der Waals surface area (Å²) in [7, 11) is 0. The van der Waals surface area contributed by atoms with Crippen LogP contribution in [0.3, 0.4) is 0 Å². The summed E-state index contributed by atoms with van der Waals surface area (Å²) in [5.41, 5.74) is 0. The van der Waals surface area contributed by atoms with E-state index in [0.717, 1.165) is 18.9 Å². The lowest BCUT2D eigenvalue weighted by atomic mass is 9.85. The molecule has 2 saturated heterocycles. The fourth-order valence-corrected chi connectivity index (χ4v) is 4.26. The first-order chi connectivity index (χ1) is 9.72. The molecular weight excluding hydrogens is 250 g/mol. The monoisotopic (exact) mass is 279 g/mol. The van der Waals surface area contributed by atoms with Gasteiger partial charge in [0.05, 0.1) is 6.04 Å². The van der Waals surface area contributed by atoms with E-state index in [9.17, 15) is 4.79 Å². The summed E-state index contributed by atoms with van der Waals surface area (Å²) in [5.74, 6) is 0.972. The second-order valence-corrected chi connectivity index (χ2v) is 7.02. The van der Waals surface area contributed by atoms with Gasteiger partial charge in [-0.2, -0.15) is 0 Å². The second-order valence-electron chi connectivity index (χ2n) is 7.02. The van der Waals surface area contributed by atoms with Gasteiger partial charge in [0.2, 0.25) is 5.91 Å². The maximum Gasteiger partial charge on any atom is 0.237 e. The highest BCUT2D eigenvalue weighted by Gasteiger charge is 2.38. The number of carbonyl (C=O) groups is 1. The summed E-state index contributed by atoms with van der Waals surface area (Å²) in [6, 6.07) is 0.933. The number of amides is 1. The first-order valence-electron chi connectivity index (χ1n) is 8.51. The van der Waals surface area contributed by atoms with E-state index in [-0.39, 0.29) is 18.0 Å². The number of likely N-dealkylation sites (tertiary alicyclic amines) is 1. The Hall–Kier alpha value is -0.610. The van der Waals surface area contributed by atoms with Crippen LogP contribution in [0.25, 0.3) is 0 Å². The molecule has 1 aliphatic carbocycles. The van der Waals surface area contributed by atoms with Crippen LogP contribution in [0.15, 0.2) is 0 Å². The highest BCUT2D eigenvalue weighted by molar-refractivity contribution is 5.82. The van der Waals surface area contributed by atoms with E-state index in [4.69, 9.17) is 0 Å². The van der Waals surface area contributed by atoms with Gasteiger partial charge in [-0.1, -0.05) is 12.8 Å². The molecule has 3 fully saturated rings. The van der Waals surface area contributed by atoms with Gasteiger partial charge in [0.1, 0.15) is 0 Å². The molecule has 20 heavy (non-hydrogen) atoms. The number of rotatable bonds is 4. The van der Waals surface area contributed by atoms with Gasteiger partial charge < -0.3 is 15.5 Å². The van der Waals surface area contributed by atoms with Crippen molar-refractivity contribution in [2.24, 2.45) is 5.92 Å². The molecule has 0 aromatic heterocycles. The van der Waals surface area contributed by atoms with Crippen molar-refractivity contribution < 1.29 is 4.79 Å². The van der Waals surface area contributed by atoms with Crippen molar-refractivity contribution in [1.29, 1.82) is 0 Å². The third kappa shape index (κ3) is 3.34. The zero-order valence-electron chi connectivity index (χ0n) is 12.7. The van der Waals surface area contributed by atoms with E-state index in [1.165, 1.54) is 51.6 Å². The molecule has 1 amide bonds. The fraction of sp³-hybridized carbons (Fsp3) is 0.938. The molecule has 4 atom stereocenters. The summed E-state index contributed by atoms with van der Waals surface area (Å²) >= 11 is 0. The quantitative estimate of drug-likeness (QED) is 0.820. The fourth-order valence-electron chi connectivity index (χ4n) is 4.26. The minimum Gasteiger partial charge on any atom is -0.351 e. The van der Waals surface area contributed by atoms with Crippen molar-refractivity contribution in [2.75, 3.05) is 19.6 Å². The molecule has 0 spiro atoms. The number of nitrogens with zero attached hydrogens (tertiary/aromatic N) is 1. The summed E-state index contributed by atoms with van der Waals surface area (Å²) < 4.78 is 0. The third-order valence-corrected chi connectivity index (χ3v) is 5.30. The number of fused-ring (bicyclic) bond motifs is 1. The lowest BCUT2D eigenvalue weighted by Gasteiger charge is -2.24. The zero-order valence-corrected chi connectivity index (χ0v) is 12.7. The Bertz CT molecular complexity index is 327. The van der Waals surface area contributed by atoms with Crippen molar-refractivity contribution in [1.82, 2.24) is 15.5 Å². The highest BCUT2D eigenvalue weighted by atomic mass is 16.2. The van der Waals surface area contributed by atoms with Crippen molar-refractivity contribution in [3.8, 4) is 0 Å². The van der Waals surface area contributed by atoms with Crippen LogP contribution in [0.5, 0.6) is 0 Å². The summed E-state index contributed by atoms with van der Waals surface area (Å²) in [6.07, 6.45) is 8.92. The molecule has 0 aromatic rings. The van der Waals surface area contributed by atoms with E-state index < -0.39 is 0 Å². The number of carbonyl (C=O) groups excluding carboxylic acids is 1. The number of hydrogen-bond donors (Lipinski definition) is 2. The highest BCUT2D eigenvalue weighted by Crippen LogP contribution is 2.33.